The third-order valence-corrected chi connectivity index (χ3v) is 8.77. The maximum Gasteiger partial charge on any atom is 0.145 e. The second-order valence-corrected chi connectivity index (χ2v) is 10.9. The van der Waals surface area contributed by atoms with Gasteiger partial charge in [-0.2, -0.15) is 0 Å². The summed E-state index contributed by atoms with van der Waals surface area (Å²) in [6, 6.07) is 28.1. The van der Waals surface area contributed by atoms with Gasteiger partial charge in [0.25, 0.3) is 0 Å². The molecule has 2 heteroatoms. The zero-order valence-corrected chi connectivity index (χ0v) is 19.7. The Kier molecular flexibility index (Phi) is 4.79. The summed E-state index contributed by atoms with van der Waals surface area (Å²) in [7, 11) is 0. The maximum absolute atomic E-state index is 7.66. The van der Waals surface area contributed by atoms with E-state index in [1.165, 1.54) is 47.9 Å². The molecule has 1 spiro atoms. The molecule has 2 aliphatic carbocycles. The summed E-state index contributed by atoms with van der Waals surface area (Å²) >= 11 is 6.66. The highest BCUT2D eigenvalue weighted by atomic mass is 35.5. The number of halogens is 1. The van der Waals surface area contributed by atoms with Crippen molar-refractivity contribution >= 4 is 11.6 Å². The van der Waals surface area contributed by atoms with Gasteiger partial charge in [0.1, 0.15) is 11.2 Å². The van der Waals surface area contributed by atoms with Crippen LogP contribution in [0.15, 0.2) is 78.9 Å². The summed E-state index contributed by atoms with van der Waals surface area (Å²) in [5.74, 6) is 2.58. The molecular formula is C30H31ClO. The quantitative estimate of drug-likeness (QED) is 0.391. The van der Waals surface area contributed by atoms with Gasteiger partial charge in [0.2, 0.25) is 0 Å². The first kappa shape index (κ1) is 20.5. The largest absolute Gasteiger partial charge is 0.349 e. The third-order valence-electron chi connectivity index (χ3n) is 8.53. The van der Waals surface area contributed by atoms with Crippen LogP contribution in [0.25, 0.3) is 0 Å². The van der Waals surface area contributed by atoms with Crippen molar-refractivity contribution in [2.75, 3.05) is 0 Å². The normalized spacial score (nSPS) is 32.6. The lowest BCUT2D eigenvalue weighted by Gasteiger charge is -2.54. The van der Waals surface area contributed by atoms with E-state index in [9.17, 15) is 0 Å². The molecule has 3 aromatic carbocycles. The molecule has 6 rings (SSSR count). The molecule has 0 amide bonds. The van der Waals surface area contributed by atoms with E-state index in [1.54, 1.807) is 0 Å². The first-order valence-electron chi connectivity index (χ1n) is 12.2. The first-order chi connectivity index (χ1) is 15.5. The van der Waals surface area contributed by atoms with Crippen molar-refractivity contribution in [2.24, 2.45) is 23.7 Å². The zero-order valence-electron chi connectivity index (χ0n) is 18.9. The molecule has 2 saturated carbocycles. The van der Waals surface area contributed by atoms with E-state index in [1.807, 2.05) is 0 Å². The molecule has 3 aromatic rings. The second-order valence-electron chi connectivity index (χ2n) is 10.5. The van der Waals surface area contributed by atoms with Crippen LogP contribution in [0, 0.1) is 23.7 Å². The van der Waals surface area contributed by atoms with E-state index in [2.05, 4.69) is 92.7 Å². The van der Waals surface area contributed by atoms with Crippen LogP contribution in [0.3, 0.4) is 0 Å². The molecule has 3 aliphatic rings. The van der Waals surface area contributed by atoms with Crippen LogP contribution in [0.2, 0.25) is 5.02 Å². The maximum atomic E-state index is 7.66. The predicted octanol–water partition coefficient (Wildman–Crippen LogP) is 7.95. The van der Waals surface area contributed by atoms with Crippen LogP contribution < -0.4 is 0 Å². The predicted molar refractivity (Wildman–Crippen MR) is 131 cm³/mol. The fourth-order valence-electron chi connectivity index (χ4n) is 7.49. The molecular weight excluding hydrogens is 412 g/mol. The van der Waals surface area contributed by atoms with E-state index in [0.29, 0.717) is 11.8 Å². The number of hydrogen-bond donors (Lipinski definition) is 0. The Balaban J connectivity index is 1.66. The van der Waals surface area contributed by atoms with Gasteiger partial charge in [0.05, 0.1) is 0 Å². The molecule has 2 fully saturated rings. The number of hydrogen-bond acceptors (Lipinski definition) is 1. The van der Waals surface area contributed by atoms with Crippen LogP contribution in [-0.2, 0) is 15.9 Å². The van der Waals surface area contributed by atoms with E-state index in [-0.39, 0.29) is 5.60 Å². The van der Waals surface area contributed by atoms with Gasteiger partial charge < -0.3 is 4.74 Å². The van der Waals surface area contributed by atoms with Crippen molar-refractivity contribution < 1.29 is 4.74 Å². The Hall–Kier alpha value is -2.09. The van der Waals surface area contributed by atoms with Crippen LogP contribution in [0.4, 0.5) is 0 Å². The van der Waals surface area contributed by atoms with Crippen molar-refractivity contribution in [1.29, 1.82) is 0 Å². The summed E-state index contributed by atoms with van der Waals surface area (Å²) in [6.45, 7) is 4.86. The van der Waals surface area contributed by atoms with Gasteiger partial charge in [0.15, 0.2) is 0 Å². The second kappa shape index (κ2) is 7.47. The van der Waals surface area contributed by atoms with Gasteiger partial charge in [-0.3, -0.25) is 0 Å². The smallest absolute Gasteiger partial charge is 0.145 e. The average molecular weight is 443 g/mol. The number of fused-ring (bicyclic) bond motifs is 5. The minimum atomic E-state index is -0.648. The molecule has 2 bridgehead atoms. The number of ether oxygens (including phenoxy) is 1. The molecule has 1 heterocycles. The van der Waals surface area contributed by atoms with Crippen molar-refractivity contribution in [3.63, 3.8) is 0 Å². The number of benzene rings is 3. The molecule has 1 aliphatic heterocycles. The molecule has 0 N–H and O–H groups in total. The van der Waals surface area contributed by atoms with Crippen LogP contribution in [0.5, 0.6) is 0 Å². The molecule has 0 radical (unpaired) electrons. The van der Waals surface area contributed by atoms with Crippen molar-refractivity contribution in [3.8, 4) is 0 Å². The van der Waals surface area contributed by atoms with E-state index < -0.39 is 5.60 Å². The Morgan fingerprint density at radius 2 is 1.41 bits per heavy atom. The SMILES string of the molecule is CC1CC2CC(C)C3(OC(c4ccccc4)(c4ccccc4)c4cc(Cl)ccc43)C(C1)C2. The van der Waals surface area contributed by atoms with Gasteiger partial charge in [-0.15, -0.1) is 0 Å². The van der Waals surface area contributed by atoms with Gasteiger partial charge in [0, 0.05) is 10.6 Å². The van der Waals surface area contributed by atoms with Crippen molar-refractivity contribution in [1.82, 2.24) is 0 Å². The first-order valence-corrected chi connectivity index (χ1v) is 12.5. The van der Waals surface area contributed by atoms with Crippen molar-refractivity contribution in [3.05, 3.63) is 106 Å². The summed E-state index contributed by atoms with van der Waals surface area (Å²) in [5.41, 5.74) is 4.03. The van der Waals surface area contributed by atoms with E-state index in [4.69, 9.17) is 16.3 Å². The molecule has 5 atom stereocenters. The van der Waals surface area contributed by atoms with Gasteiger partial charge in [-0.1, -0.05) is 92.2 Å². The fraction of sp³-hybridized carbons (Fsp3) is 0.400. The summed E-state index contributed by atoms with van der Waals surface area (Å²) < 4.78 is 7.66. The minimum Gasteiger partial charge on any atom is -0.349 e. The Morgan fingerprint density at radius 1 is 0.750 bits per heavy atom. The molecule has 0 saturated heterocycles. The molecule has 5 unspecified atom stereocenters. The molecule has 32 heavy (non-hydrogen) atoms. The topological polar surface area (TPSA) is 9.23 Å². The highest BCUT2D eigenvalue weighted by Gasteiger charge is 2.62. The lowest BCUT2D eigenvalue weighted by atomic mass is 9.56. The minimum absolute atomic E-state index is 0.281. The fourth-order valence-corrected chi connectivity index (χ4v) is 7.66. The summed E-state index contributed by atoms with van der Waals surface area (Å²) in [4.78, 5) is 0. The standard InChI is InChI=1S/C30H31ClO/c1-20-15-22-17-21(2)29(25(16-20)18-22)27-14-13-26(31)19-28(27)30(32-29,23-9-5-3-6-10-23)24-11-7-4-8-12-24/h3-14,19-22,25H,15-18H2,1-2H3. The Bertz CT molecular complexity index is 1080. The zero-order chi connectivity index (χ0) is 21.9. The highest BCUT2D eigenvalue weighted by molar-refractivity contribution is 6.30. The van der Waals surface area contributed by atoms with E-state index in [0.717, 1.165) is 16.9 Å². The Morgan fingerprint density at radius 3 is 2.06 bits per heavy atom. The Labute approximate surface area is 196 Å². The van der Waals surface area contributed by atoms with Crippen LogP contribution in [0.1, 0.15) is 61.8 Å². The lowest BCUT2D eigenvalue weighted by molar-refractivity contribution is -0.200. The average Bonchev–Trinajstić information content (AvgIpc) is 3.11. The van der Waals surface area contributed by atoms with Crippen LogP contribution in [-0.4, -0.2) is 0 Å². The molecule has 0 aromatic heterocycles. The van der Waals surface area contributed by atoms with Crippen LogP contribution >= 0.6 is 11.6 Å². The summed E-state index contributed by atoms with van der Waals surface area (Å²) in [6.07, 6.45) is 5.12. The van der Waals surface area contributed by atoms with Crippen molar-refractivity contribution in [2.45, 2.75) is 50.7 Å². The number of rotatable bonds is 2. The van der Waals surface area contributed by atoms with Gasteiger partial charge in [-0.25, -0.2) is 0 Å². The monoisotopic (exact) mass is 442 g/mol. The lowest BCUT2D eigenvalue weighted by Crippen LogP contribution is -2.51. The van der Waals surface area contributed by atoms with Gasteiger partial charge in [-0.05, 0) is 78.2 Å². The molecule has 1 nitrogen and oxygen atoms in total. The third kappa shape index (κ3) is 2.80. The molecule has 164 valence electrons. The van der Waals surface area contributed by atoms with Gasteiger partial charge >= 0.3 is 0 Å². The van der Waals surface area contributed by atoms with E-state index >= 15 is 0 Å². The highest BCUT2D eigenvalue weighted by Crippen LogP contribution is 2.65. The summed E-state index contributed by atoms with van der Waals surface area (Å²) in [5, 5.41) is 0.777.